The number of allylic oxidation sites excluding steroid dienone is 2. The van der Waals surface area contributed by atoms with E-state index in [1.165, 1.54) is 0 Å². The molecule has 0 radical (unpaired) electrons. The standard InChI is InChI=1S/C12H12Cl3N3OS/c13-12(14,15)18-11(19)17(10(16-18)7-5-6-7)8-3-1-2-4-9(8)20/h1-4,7-8,10,16H,5-6H2. The summed E-state index contributed by atoms with van der Waals surface area (Å²) in [6.45, 7) is 0. The SMILES string of the molecule is O=C1N(C2C=CC=CC2=S)C(C2CC2)NN1C(Cl)(Cl)Cl. The van der Waals surface area contributed by atoms with E-state index in [1.807, 2.05) is 24.3 Å². The number of carbonyl (C=O) groups excluding carboxylic acids is 1. The van der Waals surface area contributed by atoms with Gasteiger partial charge in [0, 0.05) is 4.86 Å². The highest BCUT2D eigenvalue weighted by atomic mass is 35.6. The summed E-state index contributed by atoms with van der Waals surface area (Å²) in [5.41, 5.74) is 3.01. The quantitative estimate of drug-likeness (QED) is 0.471. The Hall–Kier alpha value is -0.330. The van der Waals surface area contributed by atoms with Crippen molar-refractivity contribution in [3.63, 3.8) is 0 Å². The number of amides is 2. The fourth-order valence-corrected chi connectivity index (χ4v) is 3.08. The van der Waals surface area contributed by atoms with Crippen LogP contribution in [0.15, 0.2) is 24.3 Å². The first-order valence-corrected chi connectivity index (χ1v) is 7.78. The van der Waals surface area contributed by atoms with E-state index in [0.717, 1.165) is 17.9 Å². The molecule has 2 fully saturated rings. The van der Waals surface area contributed by atoms with Crippen LogP contribution >= 0.6 is 47.0 Å². The molecule has 0 aromatic carbocycles. The van der Waals surface area contributed by atoms with Crippen molar-refractivity contribution < 1.29 is 4.79 Å². The molecule has 1 heterocycles. The zero-order chi connectivity index (χ0) is 14.5. The lowest BCUT2D eigenvalue weighted by atomic mass is 10.1. The van der Waals surface area contributed by atoms with Gasteiger partial charge in [0.05, 0.1) is 6.04 Å². The van der Waals surface area contributed by atoms with Gasteiger partial charge in [-0.1, -0.05) is 65.2 Å². The number of urea groups is 1. The van der Waals surface area contributed by atoms with Gasteiger partial charge < -0.3 is 0 Å². The zero-order valence-corrected chi connectivity index (χ0v) is 13.4. The van der Waals surface area contributed by atoms with Crippen LogP contribution in [0.1, 0.15) is 12.8 Å². The molecule has 2 atom stereocenters. The minimum absolute atomic E-state index is 0.183. The summed E-state index contributed by atoms with van der Waals surface area (Å²) in [5, 5.41) is 1.05. The van der Waals surface area contributed by atoms with E-state index < -0.39 is 3.92 Å². The molecule has 20 heavy (non-hydrogen) atoms. The normalized spacial score (nSPS) is 30.6. The number of thiocarbonyl (C=S) groups is 1. The van der Waals surface area contributed by atoms with Crippen molar-refractivity contribution >= 4 is 57.9 Å². The maximum Gasteiger partial charge on any atom is 0.340 e. The molecule has 4 nitrogen and oxygen atoms in total. The van der Waals surface area contributed by atoms with Gasteiger partial charge in [-0.15, -0.1) is 0 Å². The Labute approximate surface area is 137 Å². The lowest BCUT2D eigenvalue weighted by Gasteiger charge is -2.30. The van der Waals surface area contributed by atoms with E-state index in [-0.39, 0.29) is 18.2 Å². The van der Waals surface area contributed by atoms with Crippen molar-refractivity contribution in [2.24, 2.45) is 5.92 Å². The molecule has 1 saturated heterocycles. The van der Waals surface area contributed by atoms with Crippen LogP contribution < -0.4 is 5.43 Å². The molecule has 3 rings (SSSR count). The molecule has 1 saturated carbocycles. The second-order valence-corrected chi connectivity index (χ2v) is 7.69. The molecule has 0 aromatic heterocycles. The van der Waals surface area contributed by atoms with Crippen molar-refractivity contribution in [2.45, 2.75) is 29.0 Å². The van der Waals surface area contributed by atoms with Gasteiger partial charge in [-0.3, -0.25) is 4.90 Å². The average Bonchev–Trinajstić information content (AvgIpc) is 3.13. The van der Waals surface area contributed by atoms with Crippen LogP contribution in [-0.4, -0.2) is 36.9 Å². The minimum Gasteiger partial charge on any atom is -0.295 e. The smallest absolute Gasteiger partial charge is 0.295 e. The summed E-state index contributed by atoms with van der Waals surface area (Å²) in [5.74, 6) is 0.374. The molecule has 0 bridgehead atoms. The molecule has 0 spiro atoms. The molecule has 8 heteroatoms. The molecule has 2 unspecified atom stereocenters. The number of rotatable bonds is 2. The number of nitrogens with zero attached hydrogens (tertiary/aromatic N) is 2. The van der Waals surface area contributed by atoms with Crippen molar-refractivity contribution in [1.82, 2.24) is 15.3 Å². The first kappa shape index (κ1) is 14.6. The van der Waals surface area contributed by atoms with Gasteiger partial charge in [0.25, 0.3) is 3.92 Å². The van der Waals surface area contributed by atoms with Gasteiger partial charge in [-0.25, -0.2) is 15.2 Å². The topological polar surface area (TPSA) is 35.6 Å². The number of nitrogens with one attached hydrogen (secondary N) is 1. The summed E-state index contributed by atoms with van der Waals surface area (Å²) in [6.07, 6.45) is 9.34. The van der Waals surface area contributed by atoms with Crippen LogP contribution in [0, 0.1) is 5.92 Å². The van der Waals surface area contributed by atoms with E-state index in [4.69, 9.17) is 47.0 Å². The molecular formula is C12H12Cl3N3OS. The third-order valence-corrected chi connectivity index (χ3v) is 4.44. The number of hydrogen-bond acceptors (Lipinski definition) is 3. The highest BCUT2D eigenvalue weighted by Gasteiger charge is 2.52. The van der Waals surface area contributed by atoms with Crippen molar-refractivity contribution in [3.05, 3.63) is 24.3 Å². The largest absolute Gasteiger partial charge is 0.340 e. The van der Waals surface area contributed by atoms with Crippen LogP contribution in [-0.2, 0) is 0 Å². The molecular weight excluding hydrogens is 341 g/mol. The number of hydrogen-bond donors (Lipinski definition) is 1. The van der Waals surface area contributed by atoms with Gasteiger partial charge in [0.2, 0.25) is 0 Å². The predicted octanol–water partition coefficient (Wildman–Crippen LogP) is 3.16. The van der Waals surface area contributed by atoms with E-state index in [2.05, 4.69) is 5.43 Å². The lowest BCUT2D eigenvalue weighted by molar-refractivity contribution is 0.181. The monoisotopic (exact) mass is 351 g/mol. The maximum absolute atomic E-state index is 12.6. The first-order valence-electron chi connectivity index (χ1n) is 6.24. The molecule has 108 valence electrons. The second-order valence-electron chi connectivity index (χ2n) is 5.00. The van der Waals surface area contributed by atoms with E-state index in [1.54, 1.807) is 4.90 Å². The van der Waals surface area contributed by atoms with Gasteiger partial charge in [0.15, 0.2) is 0 Å². The number of alkyl halides is 3. The van der Waals surface area contributed by atoms with Crippen molar-refractivity contribution in [3.8, 4) is 0 Å². The van der Waals surface area contributed by atoms with Gasteiger partial charge in [-0.2, -0.15) is 0 Å². The fourth-order valence-electron chi connectivity index (χ4n) is 2.45. The molecule has 2 aliphatic carbocycles. The van der Waals surface area contributed by atoms with Gasteiger partial charge in [-0.05, 0) is 24.8 Å². The van der Waals surface area contributed by atoms with Gasteiger partial charge in [0.1, 0.15) is 6.17 Å². The third kappa shape index (κ3) is 2.57. The Morgan fingerprint density at radius 1 is 1.30 bits per heavy atom. The maximum atomic E-state index is 12.6. The van der Waals surface area contributed by atoms with Crippen LogP contribution in [0.5, 0.6) is 0 Å². The average molecular weight is 353 g/mol. The highest BCUT2D eigenvalue weighted by Crippen LogP contribution is 2.41. The van der Waals surface area contributed by atoms with Crippen LogP contribution in [0.3, 0.4) is 0 Å². The Balaban J connectivity index is 1.90. The van der Waals surface area contributed by atoms with Crippen molar-refractivity contribution in [1.29, 1.82) is 0 Å². The summed E-state index contributed by atoms with van der Waals surface area (Å²) in [6, 6.07) is -0.646. The Morgan fingerprint density at radius 2 is 2.00 bits per heavy atom. The van der Waals surface area contributed by atoms with E-state index in [0.29, 0.717) is 10.8 Å². The molecule has 1 N–H and O–H groups in total. The highest BCUT2D eigenvalue weighted by molar-refractivity contribution is 7.80. The van der Waals surface area contributed by atoms with Gasteiger partial charge >= 0.3 is 6.03 Å². The molecule has 3 aliphatic rings. The summed E-state index contributed by atoms with van der Waals surface area (Å²) < 4.78 is -1.82. The number of halogens is 3. The Morgan fingerprint density at radius 3 is 2.55 bits per heavy atom. The zero-order valence-electron chi connectivity index (χ0n) is 10.3. The molecule has 1 aliphatic heterocycles. The lowest BCUT2D eigenvalue weighted by Crippen LogP contribution is -2.48. The summed E-state index contributed by atoms with van der Waals surface area (Å²) in [7, 11) is 0. The Bertz CT molecular complexity index is 513. The molecule has 0 aromatic rings. The first-order chi connectivity index (χ1) is 9.39. The second kappa shape index (κ2) is 5.14. The van der Waals surface area contributed by atoms with E-state index >= 15 is 0 Å². The fraction of sp³-hybridized carbons (Fsp3) is 0.500. The van der Waals surface area contributed by atoms with Crippen LogP contribution in [0.25, 0.3) is 0 Å². The molecule has 2 amide bonds. The van der Waals surface area contributed by atoms with Crippen LogP contribution in [0.2, 0.25) is 0 Å². The predicted molar refractivity (Wildman–Crippen MR) is 83.7 cm³/mol. The Kier molecular flexibility index (Phi) is 3.75. The van der Waals surface area contributed by atoms with Crippen LogP contribution in [0.4, 0.5) is 4.79 Å². The summed E-state index contributed by atoms with van der Waals surface area (Å²) in [4.78, 5) is 14.9. The number of carbonyl (C=O) groups is 1. The summed E-state index contributed by atoms with van der Waals surface area (Å²) >= 11 is 22.9. The van der Waals surface area contributed by atoms with E-state index in [9.17, 15) is 4.79 Å². The van der Waals surface area contributed by atoms with Crippen molar-refractivity contribution in [2.75, 3.05) is 0 Å². The number of hydrazine groups is 1. The minimum atomic E-state index is -1.82. The third-order valence-electron chi connectivity index (χ3n) is 3.55.